The van der Waals surface area contributed by atoms with Gasteiger partial charge in [0.2, 0.25) is 0 Å². The summed E-state index contributed by atoms with van der Waals surface area (Å²) < 4.78 is 1.78. The smallest absolute Gasteiger partial charge is 0.0904 e. The van der Waals surface area contributed by atoms with E-state index in [4.69, 9.17) is 11.6 Å². The topological polar surface area (TPSA) is 58.3 Å². The molecule has 5 heteroatoms. The van der Waals surface area contributed by atoms with E-state index in [1.165, 1.54) is 0 Å². The van der Waals surface area contributed by atoms with E-state index in [2.05, 4.69) is 5.10 Å². The van der Waals surface area contributed by atoms with Crippen LogP contribution in [0.5, 0.6) is 0 Å². The van der Waals surface area contributed by atoms with E-state index in [1.807, 2.05) is 27.7 Å². The van der Waals surface area contributed by atoms with Gasteiger partial charge in [0.05, 0.1) is 28.1 Å². The molecule has 1 aromatic heterocycles. The highest BCUT2D eigenvalue weighted by Gasteiger charge is 2.33. The van der Waals surface area contributed by atoms with Crippen LogP contribution in [0.25, 0.3) is 0 Å². The van der Waals surface area contributed by atoms with Gasteiger partial charge >= 0.3 is 0 Å². The standard InChI is InChI=1S/C13H23ClN2O2/c1-5-13(18,6-2)11(17)8-10-12(14)9(4)15-16(10)7-3/h11,17-18H,5-8H2,1-4H3. The SMILES string of the molecule is CCn1nc(C)c(Cl)c1CC(O)C(O)(CC)CC. The Bertz CT molecular complexity index is 400. The Morgan fingerprint density at radius 3 is 2.33 bits per heavy atom. The van der Waals surface area contributed by atoms with E-state index < -0.39 is 11.7 Å². The van der Waals surface area contributed by atoms with Crippen molar-refractivity contribution in [2.24, 2.45) is 0 Å². The van der Waals surface area contributed by atoms with Crippen molar-refractivity contribution in [3.8, 4) is 0 Å². The van der Waals surface area contributed by atoms with Crippen molar-refractivity contribution < 1.29 is 10.2 Å². The summed E-state index contributed by atoms with van der Waals surface area (Å²) >= 11 is 6.20. The first-order valence-electron chi connectivity index (χ1n) is 6.51. The molecule has 0 aromatic carbocycles. The molecule has 104 valence electrons. The number of aliphatic hydroxyl groups is 2. The lowest BCUT2D eigenvalue weighted by Gasteiger charge is -2.31. The first-order chi connectivity index (χ1) is 8.39. The summed E-state index contributed by atoms with van der Waals surface area (Å²) in [4.78, 5) is 0. The van der Waals surface area contributed by atoms with Gasteiger partial charge in [-0.15, -0.1) is 0 Å². The molecule has 2 N–H and O–H groups in total. The van der Waals surface area contributed by atoms with Crippen molar-refractivity contribution in [1.29, 1.82) is 0 Å². The van der Waals surface area contributed by atoms with Crippen molar-refractivity contribution in [1.82, 2.24) is 9.78 Å². The van der Waals surface area contributed by atoms with Crippen LogP contribution in [0.4, 0.5) is 0 Å². The van der Waals surface area contributed by atoms with Crippen molar-refractivity contribution in [2.75, 3.05) is 0 Å². The van der Waals surface area contributed by atoms with E-state index >= 15 is 0 Å². The fourth-order valence-electron chi connectivity index (χ4n) is 2.16. The molecule has 0 spiro atoms. The zero-order chi connectivity index (χ0) is 13.9. The maximum atomic E-state index is 10.3. The summed E-state index contributed by atoms with van der Waals surface area (Å²) in [5, 5.41) is 25.4. The number of aryl methyl sites for hydroxylation is 2. The molecule has 0 amide bonds. The Morgan fingerprint density at radius 2 is 1.89 bits per heavy atom. The molecule has 1 rings (SSSR count). The number of nitrogens with zero attached hydrogens (tertiary/aromatic N) is 2. The molecule has 0 fully saturated rings. The molecule has 18 heavy (non-hydrogen) atoms. The minimum atomic E-state index is -1.06. The van der Waals surface area contributed by atoms with Gasteiger partial charge in [-0.05, 0) is 26.7 Å². The molecule has 0 aliphatic rings. The van der Waals surface area contributed by atoms with Crippen LogP contribution in [0.3, 0.4) is 0 Å². The van der Waals surface area contributed by atoms with Crippen molar-refractivity contribution >= 4 is 11.6 Å². The first-order valence-corrected chi connectivity index (χ1v) is 6.89. The summed E-state index contributed by atoms with van der Waals surface area (Å²) in [5.41, 5.74) is 0.502. The summed E-state index contributed by atoms with van der Waals surface area (Å²) in [6.45, 7) is 8.26. The summed E-state index contributed by atoms with van der Waals surface area (Å²) in [5.74, 6) is 0. The Kier molecular flexibility index (Phi) is 5.20. The van der Waals surface area contributed by atoms with Gasteiger partial charge in [0.15, 0.2) is 0 Å². The molecular weight excluding hydrogens is 252 g/mol. The van der Waals surface area contributed by atoms with E-state index in [0.29, 0.717) is 30.8 Å². The lowest BCUT2D eigenvalue weighted by Crippen LogP contribution is -2.42. The summed E-state index contributed by atoms with van der Waals surface area (Å²) in [6, 6.07) is 0. The maximum Gasteiger partial charge on any atom is 0.0904 e. The molecule has 4 nitrogen and oxygen atoms in total. The van der Waals surface area contributed by atoms with Crippen LogP contribution < -0.4 is 0 Å². The predicted molar refractivity (Wildman–Crippen MR) is 72.9 cm³/mol. The second-order valence-electron chi connectivity index (χ2n) is 4.69. The highest BCUT2D eigenvalue weighted by atomic mass is 35.5. The molecule has 0 radical (unpaired) electrons. The van der Waals surface area contributed by atoms with Gasteiger partial charge in [0.25, 0.3) is 0 Å². The molecule has 0 bridgehead atoms. The molecular formula is C13H23ClN2O2. The Morgan fingerprint density at radius 1 is 1.33 bits per heavy atom. The third-order valence-corrected chi connectivity index (χ3v) is 4.18. The van der Waals surface area contributed by atoms with Crippen LogP contribution in [0.15, 0.2) is 0 Å². The number of halogens is 1. The first kappa shape index (κ1) is 15.5. The normalized spacial score (nSPS) is 13.9. The number of rotatable bonds is 6. The van der Waals surface area contributed by atoms with E-state index in [0.717, 1.165) is 11.4 Å². The van der Waals surface area contributed by atoms with Gasteiger partial charge in [0, 0.05) is 13.0 Å². The minimum Gasteiger partial charge on any atom is -0.390 e. The second kappa shape index (κ2) is 6.04. The molecule has 1 atom stereocenters. The highest BCUT2D eigenvalue weighted by Crippen LogP contribution is 2.27. The Labute approximate surface area is 114 Å². The van der Waals surface area contributed by atoms with Crippen molar-refractivity contribution in [3.05, 3.63) is 16.4 Å². The van der Waals surface area contributed by atoms with Gasteiger partial charge < -0.3 is 10.2 Å². The fourth-order valence-corrected chi connectivity index (χ4v) is 2.37. The number of aromatic nitrogens is 2. The van der Waals surface area contributed by atoms with Crippen molar-refractivity contribution in [3.63, 3.8) is 0 Å². The molecule has 0 aliphatic carbocycles. The molecule has 1 unspecified atom stereocenters. The quantitative estimate of drug-likeness (QED) is 0.837. The van der Waals surface area contributed by atoms with Crippen LogP contribution in [0.2, 0.25) is 5.02 Å². The lowest BCUT2D eigenvalue weighted by atomic mass is 9.88. The van der Waals surface area contributed by atoms with E-state index in [1.54, 1.807) is 4.68 Å². The maximum absolute atomic E-state index is 10.3. The molecule has 0 aliphatic heterocycles. The largest absolute Gasteiger partial charge is 0.390 e. The van der Waals surface area contributed by atoms with Gasteiger partial charge in [0.1, 0.15) is 0 Å². The third kappa shape index (κ3) is 2.87. The monoisotopic (exact) mass is 274 g/mol. The fraction of sp³-hybridized carbons (Fsp3) is 0.769. The second-order valence-corrected chi connectivity index (χ2v) is 5.07. The minimum absolute atomic E-state index is 0.325. The molecule has 1 heterocycles. The van der Waals surface area contributed by atoms with Crippen LogP contribution in [-0.2, 0) is 13.0 Å². The lowest BCUT2D eigenvalue weighted by molar-refractivity contribution is -0.0796. The average molecular weight is 275 g/mol. The average Bonchev–Trinajstić information content (AvgIpc) is 2.65. The third-order valence-electron chi connectivity index (χ3n) is 3.68. The molecule has 0 saturated carbocycles. The Balaban J connectivity index is 2.97. The van der Waals surface area contributed by atoms with Crippen LogP contribution in [0, 0.1) is 6.92 Å². The summed E-state index contributed by atoms with van der Waals surface area (Å²) in [7, 11) is 0. The number of hydrogen-bond donors (Lipinski definition) is 2. The number of aliphatic hydroxyl groups excluding tert-OH is 1. The molecule has 0 saturated heterocycles. The van der Waals surface area contributed by atoms with Crippen LogP contribution in [0.1, 0.15) is 45.0 Å². The zero-order valence-electron chi connectivity index (χ0n) is 11.6. The van der Waals surface area contributed by atoms with Crippen molar-refractivity contribution in [2.45, 2.75) is 65.2 Å². The van der Waals surface area contributed by atoms with Crippen LogP contribution in [-0.4, -0.2) is 31.7 Å². The molecule has 1 aromatic rings. The van der Waals surface area contributed by atoms with Crippen LogP contribution >= 0.6 is 11.6 Å². The van der Waals surface area contributed by atoms with Gasteiger partial charge in [-0.3, -0.25) is 4.68 Å². The predicted octanol–water partition coefficient (Wildman–Crippen LogP) is 2.32. The zero-order valence-corrected chi connectivity index (χ0v) is 12.3. The van der Waals surface area contributed by atoms with Gasteiger partial charge in [-0.1, -0.05) is 25.4 Å². The number of hydrogen-bond acceptors (Lipinski definition) is 3. The summed E-state index contributed by atoms with van der Waals surface area (Å²) in [6.07, 6.45) is 0.528. The van der Waals surface area contributed by atoms with E-state index in [9.17, 15) is 10.2 Å². The van der Waals surface area contributed by atoms with E-state index in [-0.39, 0.29) is 0 Å². The Hall–Kier alpha value is -0.580. The van der Waals surface area contributed by atoms with Gasteiger partial charge in [-0.2, -0.15) is 5.10 Å². The highest BCUT2D eigenvalue weighted by molar-refractivity contribution is 6.31. The van der Waals surface area contributed by atoms with Gasteiger partial charge in [-0.25, -0.2) is 0 Å².